The van der Waals surface area contributed by atoms with Crippen LogP contribution in [0.2, 0.25) is 10.0 Å². The number of hydrogen-bond acceptors (Lipinski definition) is 2. The monoisotopic (exact) mass is 294 g/mol. The molecule has 0 aliphatic carbocycles. The molecule has 3 nitrogen and oxygen atoms in total. The summed E-state index contributed by atoms with van der Waals surface area (Å²) < 4.78 is 0. The normalized spacial score (nSPS) is 10.3. The number of anilines is 2. The molecule has 2 rings (SSSR count). The highest BCUT2D eigenvalue weighted by Crippen LogP contribution is 2.29. The van der Waals surface area contributed by atoms with Gasteiger partial charge >= 0.3 is 0 Å². The van der Waals surface area contributed by atoms with Crippen LogP contribution in [0.3, 0.4) is 0 Å². The van der Waals surface area contributed by atoms with Gasteiger partial charge in [-0.3, -0.25) is 4.79 Å². The van der Waals surface area contributed by atoms with Gasteiger partial charge in [-0.2, -0.15) is 0 Å². The van der Waals surface area contributed by atoms with Gasteiger partial charge in [-0.05, 0) is 30.7 Å². The van der Waals surface area contributed by atoms with Gasteiger partial charge < -0.3 is 11.1 Å². The van der Waals surface area contributed by atoms with E-state index in [9.17, 15) is 4.79 Å². The Kier molecular flexibility index (Phi) is 3.98. The van der Waals surface area contributed by atoms with Crippen molar-refractivity contribution in [1.29, 1.82) is 0 Å². The maximum atomic E-state index is 12.1. The van der Waals surface area contributed by atoms with Gasteiger partial charge in [0.25, 0.3) is 5.91 Å². The molecule has 0 saturated carbocycles. The Labute approximate surface area is 121 Å². The van der Waals surface area contributed by atoms with Crippen LogP contribution in [0, 0.1) is 6.92 Å². The number of nitrogens with one attached hydrogen (secondary N) is 1. The number of aryl methyl sites for hydroxylation is 1. The van der Waals surface area contributed by atoms with Crippen LogP contribution in [-0.2, 0) is 0 Å². The summed E-state index contributed by atoms with van der Waals surface area (Å²) in [5, 5.41) is 3.32. The van der Waals surface area contributed by atoms with Crippen molar-refractivity contribution in [3.8, 4) is 0 Å². The van der Waals surface area contributed by atoms with Crippen LogP contribution in [0.5, 0.6) is 0 Å². The molecule has 0 heterocycles. The molecule has 0 fully saturated rings. The van der Waals surface area contributed by atoms with E-state index < -0.39 is 0 Å². The highest BCUT2D eigenvalue weighted by atomic mass is 35.5. The van der Waals surface area contributed by atoms with E-state index in [-0.39, 0.29) is 21.6 Å². The standard InChI is InChI=1S/C14H12Cl2N2O/c1-8-4-2-3-5-12(8)18-14(19)9-6-10(15)13(16)11(17)7-9/h2-7H,17H2,1H3,(H,18,19). The number of benzene rings is 2. The van der Waals surface area contributed by atoms with Crippen molar-refractivity contribution in [3.05, 3.63) is 57.6 Å². The summed E-state index contributed by atoms with van der Waals surface area (Å²) in [7, 11) is 0. The molecule has 0 bridgehead atoms. The van der Waals surface area contributed by atoms with Crippen LogP contribution in [-0.4, -0.2) is 5.91 Å². The van der Waals surface area contributed by atoms with Crippen molar-refractivity contribution in [2.75, 3.05) is 11.1 Å². The molecule has 0 radical (unpaired) electrons. The quantitative estimate of drug-likeness (QED) is 0.818. The predicted molar refractivity (Wildman–Crippen MR) is 80.0 cm³/mol. The van der Waals surface area contributed by atoms with Gasteiger partial charge in [0.15, 0.2) is 0 Å². The average Bonchev–Trinajstić information content (AvgIpc) is 2.38. The van der Waals surface area contributed by atoms with Crippen molar-refractivity contribution >= 4 is 40.5 Å². The zero-order valence-corrected chi connectivity index (χ0v) is 11.7. The minimum Gasteiger partial charge on any atom is -0.397 e. The van der Waals surface area contributed by atoms with Gasteiger partial charge in [0.1, 0.15) is 0 Å². The molecule has 5 heteroatoms. The van der Waals surface area contributed by atoms with Crippen molar-refractivity contribution in [2.45, 2.75) is 6.92 Å². The molecule has 98 valence electrons. The van der Waals surface area contributed by atoms with E-state index in [2.05, 4.69) is 5.32 Å². The van der Waals surface area contributed by atoms with Gasteiger partial charge in [0.2, 0.25) is 0 Å². The zero-order chi connectivity index (χ0) is 14.0. The molecular formula is C14H12Cl2N2O. The van der Waals surface area contributed by atoms with Crippen LogP contribution in [0.4, 0.5) is 11.4 Å². The number of nitrogens with two attached hydrogens (primary N) is 1. The number of para-hydroxylation sites is 1. The second-order valence-electron chi connectivity index (χ2n) is 4.13. The van der Waals surface area contributed by atoms with Gasteiger partial charge in [0, 0.05) is 11.3 Å². The van der Waals surface area contributed by atoms with E-state index in [4.69, 9.17) is 28.9 Å². The Balaban J connectivity index is 2.28. The summed E-state index contributed by atoms with van der Waals surface area (Å²) >= 11 is 11.8. The number of hydrogen-bond donors (Lipinski definition) is 2. The molecule has 0 atom stereocenters. The lowest BCUT2D eigenvalue weighted by Gasteiger charge is -2.09. The van der Waals surface area contributed by atoms with Crippen LogP contribution in [0.25, 0.3) is 0 Å². The van der Waals surface area contributed by atoms with E-state index in [0.29, 0.717) is 5.56 Å². The van der Waals surface area contributed by atoms with Gasteiger partial charge in [0.05, 0.1) is 15.7 Å². The molecule has 0 aromatic heterocycles. The minimum atomic E-state index is -0.278. The number of rotatable bonds is 2. The van der Waals surface area contributed by atoms with E-state index >= 15 is 0 Å². The maximum absolute atomic E-state index is 12.1. The predicted octanol–water partition coefficient (Wildman–Crippen LogP) is 4.14. The molecule has 0 unspecified atom stereocenters. The Morgan fingerprint density at radius 1 is 1.21 bits per heavy atom. The summed E-state index contributed by atoms with van der Waals surface area (Å²) in [6.45, 7) is 1.92. The third-order valence-corrected chi connectivity index (χ3v) is 3.53. The smallest absolute Gasteiger partial charge is 0.255 e. The average molecular weight is 295 g/mol. The largest absolute Gasteiger partial charge is 0.397 e. The van der Waals surface area contributed by atoms with Gasteiger partial charge in [-0.1, -0.05) is 41.4 Å². The SMILES string of the molecule is Cc1ccccc1NC(=O)c1cc(N)c(Cl)c(Cl)c1. The fourth-order valence-electron chi connectivity index (χ4n) is 1.65. The fourth-order valence-corrected chi connectivity index (χ4v) is 1.98. The Bertz CT molecular complexity index is 618. The summed E-state index contributed by atoms with van der Waals surface area (Å²) in [6.07, 6.45) is 0. The van der Waals surface area contributed by atoms with Crippen LogP contribution < -0.4 is 11.1 Å². The third-order valence-electron chi connectivity index (χ3n) is 2.71. The Hall–Kier alpha value is -1.71. The molecular weight excluding hydrogens is 283 g/mol. The summed E-state index contributed by atoms with van der Waals surface area (Å²) in [4.78, 5) is 12.1. The molecule has 0 aliphatic rings. The molecule has 19 heavy (non-hydrogen) atoms. The third kappa shape index (κ3) is 3.00. The first kappa shape index (κ1) is 13.7. The lowest BCUT2D eigenvalue weighted by atomic mass is 10.1. The first-order chi connectivity index (χ1) is 8.99. The molecule has 0 aliphatic heterocycles. The number of carbonyl (C=O) groups excluding carboxylic acids is 1. The van der Waals surface area contributed by atoms with E-state index in [0.717, 1.165) is 11.3 Å². The summed E-state index contributed by atoms with van der Waals surface area (Å²) in [6, 6.07) is 10.5. The van der Waals surface area contributed by atoms with E-state index in [1.165, 1.54) is 12.1 Å². The van der Waals surface area contributed by atoms with Gasteiger partial charge in [-0.25, -0.2) is 0 Å². The number of amides is 1. The molecule has 2 aromatic carbocycles. The second-order valence-corrected chi connectivity index (χ2v) is 4.92. The number of nitrogen functional groups attached to an aromatic ring is 1. The first-order valence-corrected chi connectivity index (χ1v) is 6.36. The minimum absolute atomic E-state index is 0.258. The number of halogens is 2. The van der Waals surface area contributed by atoms with Crippen molar-refractivity contribution in [3.63, 3.8) is 0 Å². The molecule has 3 N–H and O–H groups in total. The Morgan fingerprint density at radius 2 is 1.89 bits per heavy atom. The topological polar surface area (TPSA) is 55.1 Å². The van der Waals surface area contributed by atoms with Crippen molar-refractivity contribution in [2.24, 2.45) is 0 Å². The molecule has 0 spiro atoms. The van der Waals surface area contributed by atoms with Crippen LogP contribution in [0.15, 0.2) is 36.4 Å². The molecule has 0 saturated heterocycles. The molecule has 1 amide bonds. The maximum Gasteiger partial charge on any atom is 0.255 e. The second kappa shape index (κ2) is 5.51. The lowest BCUT2D eigenvalue weighted by molar-refractivity contribution is 0.102. The van der Waals surface area contributed by atoms with Gasteiger partial charge in [-0.15, -0.1) is 0 Å². The van der Waals surface area contributed by atoms with Crippen molar-refractivity contribution < 1.29 is 4.79 Å². The number of carbonyl (C=O) groups is 1. The van der Waals surface area contributed by atoms with E-state index in [1.54, 1.807) is 0 Å². The fraction of sp³-hybridized carbons (Fsp3) is 0.0714. The Morgan fingerprint density at radius 3 is 2.53 bits per heavy atom. The van der Waals surface area contributed by atoms with Crippen LogP contribution >= 0.6 is 23.2 Å². The summed E-state index contributed by atoms with van der Waals surface area (Å²) in [5.74, 6) is -0.278. The lowest BCUT2D eigenvalue weighted by Crippen LogP contribution is -2.13. The highest BCUT2D eigenvalue weighted by molar-refractivity contribution is 6.44. The highest BCUT2D eigenvalue weighted by Gasteiger charge is 2.12. The first-order valence-electron chi connectivity index (χ1n) is 5.60. The molecule has 2 aromatic rings. The van der Waals surface area contributed by atoms with E-state index in [1.807, 2.05) is 31.2 Å². The zero-order valence-electron chi connectivity index (χ0n) is 10.2. The summed E-state index contributed by atoms with van der Waals surface area (Å²) in [5.41, 5.74) is 8.06. The van der Waals surface area contributed by atoms with Crippen LogP contribution in [0.1, 0.15) is 15.9 Å². The van der Waals surface area contributed by atoms with Crippen molar-refractivity contribution in [1.82, 2.24) is 0 Å².